The summed E-state index contributed by atoms with van der Waals surface area (Å²) in [7, 11) is 0. The van der Waals surface area contributed by atoms with Gasteiger partial charge in [-0.1, -0.05) is 35.3 Å². The topological polar surface area (TPSA) is 34.9 Å². The maximum Gasteiger partial charge on any atom is 0.155 e. The Morgan fingerprint density at radius 1 is 1.31 bits per heavy atom. The minimum absolute atomic E-state index is 0.278. The smallest absolute Gasteiger partial charge is 0.155 e. The SMILES string of the molecule is Cc1nn(-c2ccccc2Cl)c(Cl)c1C=O. The van der Waals surface area contributed by atoms with Crippen LogP contribution in [0, 0.1) is 6.92 Å². The van der Waals surface area contributed by atoms with E-state index < -0.39 is 0 Å². The quantitative estimate of drug-likeness (QED) is 0.771. The molecule has 3 nitrogen and oxygen atoms in total. The van der Waals surface area contributed by atoms with Crippen molar-refractivity contribution in [3.05, 3.63) is 45.7 Å². The standard InChI is InChI=1S/C11H8Cl2N2O/c1-7-8(6-16)11(13)15(14-7)10-5-3-2-4-9(10)12/h2-6H,1H3. The van der Waals surface area contributed by atoms with Crippen LogP contribution in [0.1, 0.15) is 16.1 Å². The predicted molar refractivity (Wildman–Crippen MR) is 63.7 cm³/mol. The molecule has 0 fully saturated rings. The van der Waals surface area contributed by atoms with Crippen molar-refractivity contribution in [2.75, 3.05) is 0 Å². The predicted octanol–water partition coefficient (Wildman–Crippen LogP) is 3.30. The summed E-state index contributed by atoms with van der Waals surface area (Å²) in [5.74, 6) is 0. The number of carbonyl (C=O) groups excluding carboxylic acids is 1. The van der Waals surface area contributed by atoms with Crippen LogP contribution < -0.4 is 0 Å². The van der Waals surface area contributed by atoms with Crippen LogP contribution in [0.25, 0.3) is 5.69 Å². The molecule has 82 valence electrons. The first-order chi connectivity index (χ1) is 7.65. The molecular formula is C11H8Cl2N2O. The number of halogens is 2. The summed E-state index contributed by atoms with van der Waals surface area (Å²) < 4.78 is 1.46. The molecule has 0 aliphatic rings. The molecule has 0 atom stereocenters. The van der Waals surface area contributed by atoms with Crippen LogP contribution in [0.15, 0.2) is 24.3 Å². The highest BCUT2D eigenvalue weighted by atomic mass is 35.5. The molecule has 16 heavy (non-hydrogen) atoms. The second-order valence-corrected chi connectivity index (χ2v) is 4.04. The highest BCUT2D eigenvalue weighted by molar-refractivity contribution is 6.34. The Bertz CT molecular complexity index is 549. The summed E-state index contributed by atoms with van der Waals surface area (Å²) in [6.45, 7) is 1.73. The fraction of sp³-hybridized carbons (Fsp3) is 0.0909. The molecule has 1 aromatic carbocycles. The van der Waals surface area contributed by atoms with Crippen LogP contribution in [0.3, 0.4) is 0 Å². The summed E-state index contributed by atoms with van der Waals surface area (Å²) in [6.07, 6.45) is 0.692. The molecule has 1 aromatic heterocycles. The molecule has 0 saturated carbocycles. The van der Waals surface area contributed by atoms with E-state index in [1.54, 1.807) is 19.1 Å². The van der Waals surface area contributed by atoms with Gasteiger partial charge in [-0.3, -0.25) is 4.79 Å². The van der Waals surface area contributed by atoms with Gasteiger partial charge in [-0.25, -0.2) is 4.68 Å². The average Bonchev–Trinajstić information content (AvgIpc) is 2.55. The van der Waals surface area contributed by atoms with Crippen molar-refractivity contribution in [1.82, 2.24) is 9.78 Å². The lowest BCUT2D eigenvalue weighted by Crippen LogP contribution is -1.97. The minimum atomic E-state index is 0.278. The van der Waals surface area contributed by atoms with E-state index in [1.807, 2.05) is 12.1 Å². The van der Waals surface area contributed by atoms with Crippen LogP contribution in [-0.4, -0.2) is 16.1 Å². The lowest BCUT2D eigenvalue weighted by Gasteiger charge is -2.04. The third-order valence-electron chi connectivity index (χ3n) is 2.25. The zero-order chi connectivity index (χ0) is 11.7. The van der Waals surface area contributed by atoms with Crippen LogP contribution in [0.4, 0.5) is 0 Å². The van der Waals surface area contributed by atoms with Gasteiger partial charge < -0.3 is 0 Å². The van der Waals surface area contributed by atoms with E-state index in [1.165, 1.54) is 4.68 Å². The van der Waals surface area contributed by atoms with E-state index in [4.69, 9.17) is 23.2 Å². The Morgan fingerprint density at radius 2 is 2.00 bits per heavy atom. The molecule has 2 rings (SSSR count). The monoisotopic (exact) mass is 254 g/mol. The average molecular weight is 255 g/mol. The number of aldehydes is 1. The van der Waals surface area contributed by atoms with Crippen molar-refractivity contribution >= 4 is 29.5 Å². The van der Waals surface area contributed by atoms with Crippen LogP contribution in [-0.2, 0) is 0 Å². The van der Waals surface area contributed by atoms with Crippen molar-refractivity contribution < 1.29 is 4.79 Å². The number of hydrogen-bond acceptors (Lipinski definition) is 2. The zero-order valence-corrected chi connectivity index (χ0v) is 9.96. The van der Waals surface area contributed by atoms with Gasteiger partial charge >= 0.3 is 0 Å². The number of benzene rings is 1. The first-order valence-corrected chi connectivity index (χ1v) is 5.36. The fourth-order valence-electron chi connectivity index (χ4n) is 1.43. The lowest BCUT2D eigenvalue weighted by molar-refractivity contribution is 0.112. The number of hydrogen-bond donors (Lipinski definition) is 0. The van der Waals surface area contributed by atoms with Gasteiger partial charge in [0.15, 0.2) is 6.29 Å². The minimum Gasteiger partial charge on any atom is -0.298 e. The Labute approximate surface area is 103 Å². The Balaban J connectivity index is 2.66. The molecule has 1 heterocycles. The Kier molecular flexibility index (Phi) is 2.99. The molecule has 2 aromatic rings. The largest absolute Gasteiger partial charge is 0.298 e. The molecule has 0 spiro atoms. The van der Waals surface area contributed by atoms with Gasteiger partial charge in [0.25, 0.3) is 0 Å². The fourth-order valence-corrected chi connectivity index (χ4v) is 1.95. The molecule has 0 aliphatic heterocycles. The van der Waals surface area contributed by atoms with Crippen molar-refractivity contribution in [1.29, 1.82) is 0 Å². The van der Waals surface area contributed by atoms with Gasteiger partial charge in [-0.15, -0.1) is 0 Å². The van der Waals surface area contributed by atoms with E-state index >= 15 is 0 Å². The molecular weight excluding hydrogens is 247 g/mol. The molecule has 0 radical (unpaired) electrons. The van der Waals surface area contributed by atoms with Crippen LogP contribution in [0.2, 0.25) is 10.2 Å². The lowest BCUT2D eigenvalue weighted by atomic mass is 10.3. The third kappa shape index (κ3) is 1.72. The molecule has 0 N–H and O–H groups in total. The van der Waals surface area contributed by atoms with E-state index in [0.29, 0.717) is 28.3 Å². The number of rotatable bonds is 2. The van der Waals surface area contributed by atoms with Gasteiger partial charge in [0.05, 0.1) is 22.0 Å². The number of aromatic nitrogens is 2. The van der Waals surface area contributed by atoms with Gasteiger partial charge in [0, 0.05) is 0 Å². The summed E-state index contributed by atoms with van der Waals surface area (Å²) in [5.41, 5.74) is 1.63. The van der Waals surface area contributed by atoms with Crippen molar-refractivity contribution in [2.24, 2.45) is 0 Å². The highest BCUT2D eigenvalue weighted by Gasteiger charge is 2.15. The van der Waals surface area contributed by atoms with Gasteiger partial charge in [0.2, 0.25) is 0 Å². The number of para-hydroxylation sites is 1. The normalized spacial score (nSPS) is 10.4. The maximum absolute atomic E-state index is 10.8. The first kappa shape index (κ1) is 11.2. The highest BCUT2D eigenvalue weighted by Crippen LogP contribution is 2.26. The Hall–Kier alpha value is -1.32. The summed E-state index contributed by atoms with van der Waals surface area (Å²) in [4.78, 5) is 10.8. The number of nitrogens with zero attached hydrogens (tertiary/aromatic N) is 2. The zero-order valence-electron chi connectivity index (χ0n) is 8.45. The second-order valence-electron chi connectivity index (χ2n) is 3.27. The summed E-state index contributed by atoms with van der Waals surface area (Å²) in [6, 6.07) is 7.17. The Morgan fingerprint density at radius 3 is 2.56 bits per heavy atom. The van der Waals surface area contributed by atoms with Crippen LogP contribution >= 0.6 is 23.2 Å². The molecule has 0 saturated heterocycles. The summed E-state index contributed by atoms with van der Waals surface area (Å²) in [5, 5.41) is 4.99. The van der Waals surface area contributed by atoms with E-state index in [9.17, 15) is 4.79 Å². The number of aryl methyl sites for hydroxylation is 1. The van der Waals surface area contributed by atoms with E-state index in [-0.39, 0.29) is 5.15 Å². The molecule has 0 amide bonds. The molecule has 0 unspecified atom stereocenters. The molecule has 0 bridgehead atoms. The summed E-state index contributed by atoms with van der Waals surface area (Å²) >= 11 is 12.1. The van der Waals surface area contributed by atoms with Gasteiger partial charge in [-0.2, -0.15) is 5.10 Å². The third-order valence-corrected chi connectivity index (χ3v) is 2.93. The molecule has 5 heteroatoms. The maximum atomic E-state index is 10.8. The second kappa shape index (κ2) is 4.28. The number of carbonyl (C=O) groups is 1. The van der Waals surface area contributed by atoms with Crippen molar-refractivity contribution in [3.8, 4) is 5.69 Å². The van der Waals surface area contributed by atoms with Crippen molar-refractivity contribution in [3.63, 3.8) is 0 Å². The van der Waals surface area contributed by atoms with Crippen LogP contribution in [0.5, 0.6) is 0 Å². The van der Waals surface area contributed by atoms with Gasteiger partial charge in [0.1, 0.15) is 5.15 Å². The van der Waals surface area contributed by atoms with Gasteiger partial charge in [-0.05, 0) is 19.1 Å². The van der Waals surface area contributed by atoms with E-state index in [2.05, 4.69) is 5.10 Å². The van der Waals surface area contributed by atoms with Crippen molar-refractivity contribution in [2.45, 2.75) is 6.92 Å². The van der Waals surface area contributed by atoms with E-state index in [0.717, 1.165) is 0 Å². The first-order valence-electron chi connectivity index (χ1n) is 4.60. The molecule has 0 aliphatic carbocycles.